The van der Waals surface area contributed by atoms with Crippen molar-refractivity contribution in [2.24, 2.45) is 0 Å². The molecule has 0 bridgehead atoms. The van der Waals surface area contributed by atoms with Crippen LogP contribution in [0, 0.1) is 12.3 Å². The molecule has 1 atom stereocenters. The van der Waals surface area contributed by atoms with Gasteiger partial charge in [0.15, 0.2) is 0 Å². The fraction of sp³-hybridized carbons (Fsp3) is 0.429. The van der Waals surface area contributed by atoms with Gasteiger partial charge in [-0.15, -0.1) is 0 Å². The molecular weight excluding hydrogens is 242 g/mol. The second-order valence-corrected chi connectivity index (χ2v) is 4.67. The van der Waals surface area contributed by atoms with E-state index in [-0.39, 0.29) is 17.9 Å². The van der Waals surface area contributed by atoms with Crippen molar-refractivity contribution in [3.8, 4) is 5.75 Å². The lowest BCUT2D eigenvalue weighted by atomic mass is 10.0. The van der Waals surface area contributed by atoms with Gasteiger partial charge in [-0.25, -0.2) is 4.79 Å². The van der Waals surface area contributed by atoms with Gasteiger partial charge in [0, 0.05) is 6.54 Å². The number of amidine groups is 1. The van der Waals surface area contributed by atoms with Crippen LogP contribution in [-0.2, 0) is 0 Å². The standard InChI is InChI=1S/C14H19N3O2/c1-4-7-17-12(13(15)16-14(17)18)10-5-6-11(19-3)9(2)8-10/h5-6,8,12H,4,7H2,1-3H3,(H2,15,16,18). The first kappa shape index (κ1) is 13.4. The number of nitrogens with zero attached hydrogens (tertiary/aromatic N) is 1. The van der Waals surface area contributed by atoms with Crippen molar-refractivity contribution in [1.82, 2.24) is 10.2 Å². The fourth-order valence-corrected chi connectivity index (χ4v) is 2.42. The minimum atomic E-state index is -0.308. The van der Waals surface area contributed by atoms with Gasteiger partial charge in [0.1, 0.15) is 17.6 Å². The molecule has 5 heteroatoms. The van der Waals surface area contributed by atoms with Gasteiger partial charge in [-0.3, -0.25) is 10.7 Å². The van der Waals surface area contributed by atoms with Gasteiger partial charge in [-0.05, 0) is 36.6 Å². The van der Waals surface area contributed by atoms with E-state index in [9.17, 15) is 4.79 Å². The van der Waals surface area contributed by atoms with Crippen LogP contribution in [0.15, 0.2) is 18.2 Å². The molecule has 5 nitrogen and oxygen atoms in total. The Bertz CT molecular complexity index is 513. The van der Waals surface area contributed by atoms with Crippen LogP contribution >= 0.6 is 0 Å². The summed E-state index contributed by atoms with van der Waals surface area (Å²) in [6.07, 6.45) is 0.867. The lowest BCUT2D eigenvalue weighted by molar-refractivity contribution is 0.206. The molecule has 1 unspecified atom stereocenters. The van der Waals surface area contributed by atoms with Gasteiger partial charge in [0.25, 0.3) is 0 Å². The Morgan fingerprint density at radius 3 is 2.79 bits per heavy atom. The second-order valence-electron chi connectivity index (χ2n) is 4.67. The van der Waals surface area contributed by atoms with Crippen LogP contribution in [-0.4, -0.2) is 30.4 Å². The molecule has 0 spiro atoms. The highest BCUT2D eigenvalue weighted by atomic mass is 16.5. The number of amides is 2. The summed E-state index contributed by atoms with van der Waals surface area (Å²) in [5, 5.41) is 10.5. The smallest absolute Gasteiger partial charge is 0.323 e. The number of hydrogen-bond acceptors (Lipinski definition) is 3. The molecule has 1 heterocycles. The van der Waals surface area contributed by atoms with Crippen LogP contribution in [0.25, 0.3) is 0 Å². The zero-order valence-corrected chi connectivity index (χ0v) is 11.5. The molecule has 0 radical (unpaired) electrons. The van der Waals surface area contributed by atoms with Crippen LogP contribution in [0.1, 0.15) is 30.5 Å². The molecule has 1 aliphatic heterocycles. The number of methoxy groups -OCH3 is 1. The first-order valence-electron chi connectivity index (χ1n) is 6.39. The van der Waals surface area contributed by atoms with E-state index in [1.165, 1.54) is 0 Å². The lowest BCUT2D eigenvalue weighted by Crippen LogP contribution is -2.30. The summed E-state index contributed by atoms with van der Waals surface area (Å²) < 4.78 is 5.24. The van der Waals surface area contributed by atoms with E-state index in [1.807, 2.05) is 32.0 Å². The van der Waals surface area contributed by atoms with Crippen LogP contribution in [0.5, 0.6) is 5.75 Å². The monoisotopic (exact) mass is 261 g/mol. The maximum atomic E-state index is 11.8. The molecule has 1 fully saturated rings. The van der Waals surface area contributed by atoms with Crippen molar-refractivity contribution in [2.75, 3.05) is 13.7 Å². The molecule has 2 amide bonds. The first-order chi connectivity index (χ1) is 9.08. The Kier molecular flexibility index (Phi) is 3.74. The SMILES string of the molecule is CCCN1C(=O)NC(=N)C1c1ccc(OC)c(C)c1. The molecule has 0 saturated carbocycles. The van der Waals surface area contributed by atoms with Crippen molar-refractivity contribution in [3.05, 3.63) is 29.3 Å². The molecule has 1 aromatic rings. The number of aryl methyl sites for hydroxylation is 1. The van der Waals surface area contributed by atoms with E-state index in [4.69, 9.17) is 10.1 Å². The van der Waals surface area contributed by atoms with E-state index >= 15 is 0 Å². The number of rotatable bonds is 4. The molecule has 1 aromatic carbocycles. The maximum Gasteiger partial charge on any atom is 0.323 e. The van der Waals surface area contributed by atoms with Crippen molar-refractivity contribution in [1.29, 1.82) is 5.41 Å². The Labute approximate surface area is 113 Å². The van der Waals surface area contributed by atoms with E-state index in [1.54, 1.807) is 12.0 Å². The first-order valence-corrected chi connectivity index (χ1v) is 6.39. The highest BCUT2D eigenvalue weighted by Crippen LogP contribution is 2.29. The highest BCUT2D eigenvalue weighted by molar-refractivity contribution is 6.06. The molecular formula is C14H19N3O2. The van der Waals surface area contributed by atoms with Gasteiger partial charge in [-0.2, -0.15) is 0 Å². The molecule has 102 valence electrons. The third kappa shape index (κ3) is 2.41. The quantitative estimate of drug-likeness (QED) is 0.874. The zero-order chi connectivity index (χ0) is 14.0. The Morgan fingerprint density at radius 1 is 1.47 bits per heavy atom. The number of nitrogens with one attached hydrogen (secondary N) is 2. The topological polar surface area (TPSA) is 65.4 Å². The third-order valence-electron chi connectivity index (χ3n) is 3.29. The van der Waals surface area contributed by atoms with Gasteiger partial charge in [0.2, 0.25) is 0 Å². The Morgan fingerprint density at radius 2 is 2.21 bits per heavy atom. The summed E-state index contributed by atoms with van der Waals surface area (Å²) in [6.45, 7) is 4.62. The van der Waals surface area contributed by atoms with Gasteiger partial charge in [0.05, 0.1) is 7.11 Å². The molecule has 19 heavy (non-hydrogen) atoms. The van der Waals surface area contributed by atoms with E-state index in [0.29, 0.717) is 6.54 Å². The second kappa shape index (κ2) is 5.30. The van der Waals surface area contributed by atoms with E-state index < -0.39 is 0 Å². The van der Waals surface area contributed by atoms with Gasteiger partial charge >= 0.3 is 6.03 Å². The Hall–Kier alpha value is -2.04. The predicted molar refractivity (Wildman–Crippen MR) is 73.7 cm³/mol. The molecule has 0 aliphatic carbocycles. The van der Waals surface area contributed by atoms with Crippen molar-refractivity contribution in [3.63, 3.8) is 0 Å². The number of ether oxygens (including phenoxy) is 1. The van der Waals surface area contributed by atoms with Gasteiger partial charge in [-0.1, -0.05) is 13.0 Å². The van der Waals surface area contributed by atoms with Crippen LogP contribution in [0.2, 0.25) is 0 Å². The summed E-state index contributed by atoms with van der Waals surface area (Å²) >= 11 is 0. The van der Waals surface area contributed by atoms with E-state index in [2.05, 4.69) is 5.32 Å². The molecule has 1 aliphatic rings. The number of urea groups is 1. The normalized spacial score (nSPS) is 18.7. The number of carbonyl (C=O) groups is 1. The summed E-state index contributed by atoms with van der Waals surface area (Å²) in [5.74, 6) is 1.05. The van der Waals surface area contributed by atoms with Crippen molar-refractivity contribution >= 4 is 11.9 Å². The number of benzene rings is 1. The molecule has 1 saturated heterocycles. The minimum absolute atomic E-state index is 0.190. The summed E-state index contributed by atoms with van der Waals surface area (Å²) in [7, 11) is 1.63. The summed E-state index contributed by atoms with van der Waals surface area (Å²) in [6, 6.07) is 5.27. The van der Waals surface area contributed by atoms with Crippen LogP contribution in [0.4, 0.5) is 4.79 Å². The van der Waals surface area contributed by atoms with Crippen LogP contribution in [0.3, 0.4) is 0 Å². The number of hydrogen-bond donors (Lipinski definition) is 2. The highest BCUT2D eigenvalue weighted by Gasteiger charge is 2.36. The average Bonchev–Trinajstić information content (AvgIpc) is 2.65. The summed E-state index contributed by atoms with van der Waals surface area (Å²) in [5.41, 5.74) is 1.94. The zero-order valence-electron chi connectivity index (χ0n) is 11.5. The van der Waals surface area contributed by atoms with Gasteiger partial charge < -0.3 is 9.64 Å². The number of carbonyl (C=O) groups excluding carboxylic acids is 1. The van der Waals surface area contributed by atoms with Crippen molar-refractivity contribution < 1.29 is 9.53 Å². The largest absolute Gasteiger partial charge is 0.496 e. The molecule has 0 aromatic heterocycles. The van der Waals surface area contributed by atoms with Crippen molar-refractivity contribution in [2.45, 2.75) is 26.3 Å². The maximum absolute atomic E-state index is 11.8. The van der Waals surface area contributed by atoms with Crippen LogP contribution < -0.4 is 10.1 Å². The summed E-state index contributed by atoms with van der Waals surface area (Å²) in [4.78, 5) is 13.5. The van der Waals surface area contributed by atoms with E-state index in [0.717, 1.165) is 23.3 Å². The molecule has 2 N–H and O–H groups in total. The average molecular weight is 261 g/mol. The Balaban J connectivity index is 2.35. The fourth-order valence-electron chi connectivity index (χ4n) is 2.42. The lowest BCUT2D eigenvalue weighted by Gasteiger charge is -2.23. The third-order valence-corrected chi connectivity index (χ3v) is 3.29. The molecule has 2 rings (SSSR count). The minimum Gasteiger partial charge on any atom is -0.496 e. The predicted octanol–water partition coefficient (Wildman–Crippen LogP) is 2.46.